The van der Waals surface area contributed by atoms with Gasteiger partial charge in [0.2, 0.25) is 0 Å². The number of imidazole rings is 1. The molecule has 1 saturated heterocycles. The van der Waals surface area contributed by atoms with E-state index in [0.29, 0.717) is 46.8 Å². The van der Waals surface area contributed by atoms with Gasteiger partial charge in [0.25, 0.3) is 5.91 Å². The monoisotopic (exact) mass is 497 g/mol. The number of hydrogen-bond donors (Lipinski definition) is 3. The Morgan fingerprint density at radius 2 is 2.03 bits per heavy atom. The van der Waals surface area contributed by atoms with Gasteiger partial charge >= 0.3 is 0 Å². The van der Waals surface area contributed by atoms with Crippen molar-refractivity contribution < 1.29 is 19.7 Å². The lowest BCUT2D eigenvalue weighted by atomic mass is 9.93. The van der Waals surface area contributed by atoms with Crippen LogP contribution in [0.5, 0.6) is 11.5 Å². The Morgan fingerprint density at radius 1 is 1.31 bits per heavy atom. The highest BCUT2D eigenvalue weighted by Gasteiger charge is 2.26. The molecule has 1 aliphatic heterocycles. The Hall–Kier alpha value is -3.56. The van der Waals surface area contributed by atoms with Crippen LogP contribution in [0.2, 0.25) is 0 Å². The van der Waals surface area contributed by atoms with Gasteiger partial charge in [-0.25, -0.2) is 15.0 Å². The summed E-state index contributed by atoms with van der Waals surface area (Å²) in [5.41, 5.74) is 7.30. The van der Waals surface area contributed by atoms with Crippen LogP contribution >= 0.6 is 11.8 Å². The average Bonchev–Trinajstić information content (AvgIpc) is 3.22. The molecular formula is C23H27N7O4S. The number of phenols is 2. The summed E-state index contributed by atoms with van der Waals surface area (Å²) in [5, 5.41) is 29.8. The second-order valence-corrected chi connectivity index (χ2v) is 9.47. The van der Waals surface area contributed by atoms with E-state index < -0.39 is 6.10 Å². The van der Waals surface area contributed by atoms with Crippen molar-refractivity contribution >= 4 is 34.7 Å². The Labute approximate surface area is 206 Å². The molecule has 0 unspecified atom stereocenters. The highest BCUT2D eigenvalue weighted by atomic mass is 32.2. The molecule has 3 aromatic rings. The third kappa shape index (κ3) is 5.11. The van der Waals surface area contributed by atoms with E-state index in [1.807, 2.05) is 15.5 Å². The molecule has 0 saturated carbocycles. The van der Waals surface area contributed by atoms with Gasteiger partial charge < -0.3 is 30.2 Å². The van der Waals surface area contributed by atoms with Gasteiger partial charge in [0.15, 0.2) is 33.6 Å². The number of aryl methyl sites for hydroxylation is 1. The highest BCUT2D eigenvalue weighted by Crippen LogP contribution is 2.38. The number of carbonyl (C=O) groups excluding carboxylic acids is 1. The second kappa shape index (κ2) is 10.4. The molecule has 0 spiro atoms. The number of hydrogen-bond acceptors (Lipinski definition) is 10. The Morgan fingerprint density at radius 3 is 2.71 bits per heavy atom. The molecule has 35 heavy (non-hydrogen) atoms. The van der Waals surface area contributed by atoms with Crippen LogP contribution in [0.3, 0.4) is 0 Å². The van der Waals surface area contributed by atoms with Gasteiger partial charge in [-0.1, -0.05) is 11.8 Å². The summed E-state index contributed by atoms with van der Waals surface area (Å²) in [5.74, 6) is 0.00201. The first-order valence-electron chi connectivity index (χ1n) is 11.2. The van der Waals surface area contributed by atoms with Crippen molar-refractivity contribution in [1.29, 1.82) is 5.26 Å². The molecule has 0 bridgehead atoms. The van der Waals surface area contributed by atoms with Crippen molar-refractivity contribution in [2.45, 2.75) is 48.9 Å². The summed E-state index contributed by atoms with van der Waals surface area (Å²) in [6, 6.07) is 4.59. The summed E-state index contributed by atoms with van der Waals surface area (Å²) >= 11 is 1.19. The van der Waals surface area contributed by atoms with E-state index in [9.17, 15) is 20.3 Å². The molecule has 0 radical (unpaired) electrons. The minimum atomic E-state index is -0.439. The lowest BCUT2D eigenvalue weighted by molar-refractivity contribution is -0.142. The van der Waals surface area contributed by atoms with E-state index in [1.165, 1.54) is 37.3 Å². The van der Waals surface area contributed by atoms with Crippen molar-refractivity contribution in [2.24, 2.45) is 5.92 Å². The number of aromatic nitrogens is 4. The number of amides is 1. The number of nitrogen functional groups attached to an aromatic ring is 1. The van der Waals surface area contributed by atoms with Crippen LogP contribution < -0.4 is 5.73 Å². The topological polar surface area (TPSA) is 163 Å². The van der Waals surface area contributed by atoms with Crippen molar-refractivity contribution in [3.63, 3.8) is 0 Å². The van der Waals surface area contributed by atoms with Crippen LogP contribution in [-0.4, -0.2) is 66.8 Å². The molecule has 0 aliphatic carbocycles. The minimum absolute atomic E-state index is 0.0165. The molecule has 3 heterocycles. The Kier molecular flexibility index (Phi) is 7.28. The maximum absolute atomic E-state index is 12.4. The number of nitrogens with zero attached hydrogens (tertiary/aromatic N) is 6. The molecule has 1 fully saturated rings. The van der Waals surface area contributed by atoms with Crippen LogP contribution in [0.4, 0.5) is 5.82 Å². The van der Waals surface area contributed by atoms with Crippen LogP contribution in [0, 0.1) is 17.2 Å². The first kappa shape index (κ1) is 24.6. The number of piperidine rings is 1. The first-order valence-corrected chi connectivity index (χ1v) is 12.1. The summed E-state index contributed by atoms with van der Waals surface area (Å²) < 4.78 is 7.09. The second-order valence-electron chi connectivity index (χ2n) is 8.46. The maximum Gasteiger partial charge on any atom is 0.251 e. The van der Waals surface area contributed by atoms with Crippen molar-refractivity contribution in [3.05, 3.63) is 24.0 Å². The van der Waals surface area contributed by atoms with Gasteiger partial charge in [-0.05, 0) is 38.2 Å². The molecular weight excluding hydrogens is 470 g/mol. The normalized spacial score (nSPS) is 15.3. The summed E-state index contributed by atoms with van der Waals surface area (Å²) in [4.78, 5) is 27.7. The first-order chi connectivity index (χ1) is 16.8. The van der Waals surface area contributed by atoms with E-state index in [2.05, 4.69) is 15.0 Å². The third-order valence-corrected chi connectivity index (χ3v) is 7.36. The average molecular weight is 498 g/mol. The number of nitriles is 1. The number of phenolic OH excluding ortho intramolecular Hbond substituents is 2. The number of likely N-dealkylation sites (tertiary alicyclic amines) is 1. The highest BCUT2D eigenvalue weighted by molar-refractivity contribution is 7.99. The van der Waals surface area contributed by atoms with Crippen molar-refractivity contribution in [1.82, 2.24) is 24.4 Å². The lowest BCUT2D eigenvalue weighted by Crippen LogP contribution is -2.43. The van der Waals surface area contributed by atoms with Gasteiger partial charge in [-0.2, -0.15) is 5.26 Å². The predicted octanol–water partition coefficient (Wildman–Crippen LogP) is 2.51. The summed E-state index contributed by atoms with van der Waals surface area (Å²) in [6.07, 6.45) is 3.57. The standard InChI is InChI=1S/C23H27N7O4S/c1-13(34-2)22(33)29-6-3-14(4-7-29)5-8-30-21-19(20(25)26-12-27-21)28-23(30)35-18-10-17(32)16(31)9-15(18)11-24/h9-10,12-14,31-32H,3-8H2,1-2H3,(H2,25,26,27)/t13-/m0/s1. The number of ether oxygens (including phenoxy) is 1. The van der Waals surface area contributed by atoms with E-state index in [4.69, 9.17) is 10.5 Å². The van der Waals surface area contributed by atoms with Gasteiger partial charge in [-0.3, -0.25) is 4.79 Å². The molecule has 11 nitrogen and oxygen atoms in total. The molecule has 12 heteroatoms. The molecule has 4 N–H and O–H groups in total. The minimum Gasteiger partial charge on any atom is -0.504 e. The van der Waals surface area contributed by atoms with Crippen molar-refractivity contribution in [3.8, 4) is 17.6 Å². The maximum atomic E-state index is 12.4. The van der Waals surface area contributed by atoms with Crippen molar-refractivity contribution in [2.75, 3.05) is 25.9 Å². The molecule has 184 valence electrons. The van der Waals surface area contributed by atoms with Gasteiger partial charge in [0, 0.05) is 37.7 Å². The van der Waals surface area contributed by atoms with E-state index in [1.54, 1.807) is 6.92 Å². The predicted molar refractivity (Wildman–Crippen MR) is 129 cm³/mol. The lowest BCUT2D eigenvalue weighted by Gasteiger charge is -2.33. The smallest absolute Gasteiger partial charge is 0.251 e. The van der Waals surface area contributed by atoms with E-state index in [-0.39, 0.29) is 28.8 Å². The quantitative estimate of drug-likeness (QED) is 0.413. The number of rotatable bonds is 7. The van der Waals surface area contributed by atoms with Gasteiger partial charge in [-0.15, -0.1) is 0 Å². The fraction of sp³-hybridized carbons (Fsp3) is 0.435. The molecule has 4 rings (SSSR count). The SMILES string of the molecule is CO[C@@H](C)C(=O)N1CCC(CCn2c(Sc3cc(O)c(O)cc3C#N)nc3c(N)ncnc32)CC1. The number of aromatic hydroxyl groups is 2. The fourth-order valence-corrected chi connectivity index (χ4v) is 5.16. The molecule has 1 atom stereocenters. The molecule has 1 aliphatic rings. The van der Waals surface area contributed by atoms with E-state index in [0.717, 1.165) is 19.3 Å². The third-order valence-electron chi connectivity index (χ3n) is 6.31. The summed E-state index contributed by atoms with van der Waals surface area (Å²) in [7, 11) is 1.54. The zero-order valence-electron chi connectivity index (χ0n) is 19.5. The number of methoxy groups -OCH3 is 1. The summed E-state index contributed by atoms with van der Waals surface area (Å²) in [6.45, 7) is 3.75. The van der Waals surface area contributed by atoms with E-state index >= 15 is 0 Å². The Balaban J connectivity index is 1.54. The number of benzene rings is 1. The molecule has 2 aromatic heterocycles. The van der Waals surface area contributed by atoms with Crippen LogP contribution in [-0.2, 0) is 16.1 Å². The zero-order valence-corrected chi connectivity index (χ0v) is 20.3. The number of anilines is 1. The Bertz CT molecular complexity index is 1280. The zero-order chi connectivity index (χ0) is 25.1. The van der Waals surface area contributed by atoms with Crippen LogP contribution in [0.15, 0.2) is 28.5 Å². The van der Waals surface area contributed by atoms with Gasteiger partial charge in [0.05, 0.1) is 5.56 Å². The fourth-order valence-electron chi connectivity index (χ4n) is 4.15. The van der Waals surface area contributed by atoms with Gasteiger partial charge in [0.1, 0.15) is 18.5 Å². The molecule has 1 aromatic carbocycles. The number of nitrogens with two attached hydrogens (primary N) is 1. The number of carbonyl (C=O) groups is 1. The van der Waals surface area contributed by atoms with Crippen LogP contribution in [0.1, 0.15) is 31.7 Å². The largest absolute Gasteiger partial charge is 0.504 e. The molecule has 1 amide bonds. The number of fused-ring (bicyclic) bond motifs is 1. The van der Waals surface area contributed by atoms with Crippen LogP contribution in [0.25, 0.3) is 11.2 Å².